The number of methoxy groups -OCH3 is 1. The Labute approximate surface area is 227 Å². The van der Waals surface area contributed by atoms with E-state index in [1.54, 1.807) is 46.1 Å². The van der Waals surface area contributed by atoms with Gasteiger partial charge in [-0.15, -0.1) is 0 Å². The highest BCUT2D eigenvalue weighted by Crippen LogP contribution is 2.33. The standard InChI is InChI=1S/C26H32N6O6S/c1-26(2,3)38-25(33)31-39(34,35)30-21-15-18(9-10-22(21)32-11-13-37-14-12-32)29-24-16-20(27-17-28-24)19-7-5-6-8-23(19)36-4/h5-10,15-17,30H,11-14H2,1-4H3,(H,31,33)(H,27,28,29). The van der Waals surface area contributed by atoms with E-state index in [0.717, 1.165) is 5.56 Å². The lowest BCUT2D eigenvalue weighted by Crippen LogP contribution is -2.40. The van der Waals surface area contributed by atoms with Crippen LogP contribution in [0.3, 0.4) is 0 Å². The highest BCUT2D eigenvalue weighted by atomic mass is 32.2. The maximum Gasteiger partial charge on any atom is 0.422 e. The topological polar surface area (TPSA) is 144 Å². The molecule has 0 unspecified atom stereocenters. The third-order valence-electron chi connectivity index (χ3n) is 5.53. The number of hydrogen-bond acceptors (Lipinski definition) is 10. The van der Waals surface area contributed by atoms with Gasteiger partial charge in [0, 0.05) is 30.4 Å². The Hall–Kier alpha value is -4.10. The molecule has 0 atom stereocenters. The van der Waals surface area contributed by atoms with Crippen molar-refractivity contribution in [1.82, 2.24) is 14.7 Å². The summed E-state index contributed by atoms with van der Waals surface area (Å²) in [6, 6.07) is 14.5. The number of morpholine rings is 1. The van der Waals surface area contributed by atoms with Gasteiger partial charge < -0.3 is 24.4 Å². The van der Waals surface area contributed by atoms with Crippen molar-refractivity contribution >= 4 is 39.2 Å². The van der Waals surface area contributed by atoms with E-state index in [-0.39, 0.29) is 5.69 Å². The SMILES string of the molecule is COc1ccccc1-c1cc(Nc2ccc(N3CCOCC3)c(NS(=O)(=O)NC(=O)OC(C)(C)C)c2)ncn1. The van der Waals surface area contributed by atoms with Gasteiger partial charge >= 0.3 is 16.3 Å². The average molecular weight is 557 g/mol. The Morgan fingerprint density at radius 1 is 1.05 bits per heavy atom. The molecule has 39 heavy (non-hydrogen) atoms. The van der Waals surface area contributed by atoms with Crippen LogP contribution in [0.15, 0.2) is 54.9 Å². The molecule has 1 saturated heterocycles. The first-order valence-electron chi connectivity index (χ1n) is 12.3. The van der Waals surface area contributed by atoms with Crippen LogP contribution in [0.1, 0.15) is 20.8 Å². The molecule has 0 aliphatic carbocycles. The van der Waals surface area contributed by atoms with Crippen molar-refractivity contribution in [1.29, 1.82) is 0 Å². The summed E-state index contributed by atoms with van der Waals surface area (Å²) in [5.74, 6) is 1.16. The smallest absolute Gasteiger partial charge is 0.422 e. The highest BCUT2D eigenvalue weighted by molar-refractivity contribution is 7.91. The first kappa shape index (κ1) is 27.9. The molecule has 2 aromatic carbocycles. The van der Waals surface area contributed by atoms with Crippen molar-refractivity contribution in [3.63, 3.8) is 0 Å². The first-order chi connectivity index (χ1) is 18.5. The first-order valence-corrected chi connectivity index (χ1v) is 13.7. The Kier molecular flexibility index (Phi) is 8.41. The van der Waals surface area contributed by atoms with Crippen LogP contribution in [-0.2, 0) is 19.7 Å². The fraction of sp³-hybridized carbons (Fsp3) is 0.346. The number of aromatic nitrogens is 2. The van der Waals surface area contributed by atoms with Crippen molar-refractivity contribution in [3.05, 3.63) is 54.9 Å². The van der Waals surface area contributed by atoms with E-state index in [1.807, 2.05) is 40.0 Å². The quantitative estimate of drug-likeness (QED) is 0.373. The molecule has 1 aromatic heterocycles. The number of carbonyl (C=O) groups excluding carboxylic acids is 1. The number of amides is 1. The van der Waals surface area contributed by atoms with Crippen molar-refractivity contribution in [2.24, 2.45) is 0 Å². The van der Waals surface area contributed by atoms with E-state index in [9.17, 15) is 13.2 Å². The van der Waals surface area contributed by atoms with E-state index in [4.69, 9.17) is 14.2 Å². The van der Waals surface area contributed by atoms with Crippen molar-refractivity contribution in [2.75, 3.05) is 48.4 Å². The molecule has 208 valence electrons. The maximum atomic E-state index is 12.8. The molecule has 0 bridgehead atoms. The number of carbonyl (C=O) groups is 1. The van der Waals surface area contributed by atoms with E-state index in [2.05, 4.69) is 20.0 Å². The van der Waals surface area contributed by atoms with Crippen LogP contribution in [0.5, 0.6) is 5.75 Å². The summed E-state index contributed by atoms with van der Waals surface area (Å²) in [4.78, 5) is 22.8. The zero-order valence-corrected chi connectivity index (χ0v) is 23.0. The van der Waals surface area contributed by atoms with E-state index in [0.29, 0.717) is 54.9 Å². The van der Waals surface area contributed by atoms with Crippen molar-refractivity contribution in [2.45, 2.75) is 26.4 Å². The minimum absolute atomic E-state index is 0.261. The van der Waals surface area contributed by atoms with Gasteiger partial charge in [-0.1, -0.05) is 12.1 Å². The molecule has 3 N–H and O–H groups in total. The highest BCUT2D eigenvalue weighted by Gasteiger charge is 2.24. The minimum Gasteiger partial charge on any atom is -0.496 e. The Balaban J connectivity index is 1.61. The van der Waals surface area contributed by atoms with E-state index >= 15 is 0 Å². The molecule has 0 radical (unpaired) electrons. The number of nitrogens with one attached hydrogen (secondary N) is 3. The number of benzene rings is 2. The summed E-state index contributed by atoms with van der Waals surface area (Å²) >= 11 is 0. The van der Waals surface area contributed by atoms with Gasteiger partial charge in [0.15, 0.2) is 0 Å². The summed E-state index contributed by atoms with van der Waals surface area (Å²) in [5, 5.41) is 3.20. The van der Waals surface area contributed by atoms with Gasteiger partial charge in [0.05, 0.1) is 37.4 Å². The van der Waals surface area contributed by atoms with E-state index < -0.39 is 21.9 Å². The molecule has 3 aromatic rings. The Morgan fingerprint density at radius 3 is 2.51 bits per heavy atom. The minimum atomic E-state index is -4.31. The molecule has 0 spiro atoms. The van der Waals surface area contributed by atoms with Gasteiger partial charge in [0.25, 0.3) is 0 Å². The third kappa shape index (κ3) is 7.71. The second kappa shape index (κ2) is 11.7. The van der Waals surface area contributed by atoms with Crippen LogP contribution >= 0.6 is 0 Å². The molecular weight excluding hydrogens is 524 g/mol. The van der Waals surface area contributed by atoms with Crippen molar-refractivity contribution < 1.29 is 27.4 Å². The number of nitrogens with zero attached hydrogens (tertiary/aromatic N) is 3. The van der Waals surface area contributed by atoms with Gasteiger partial charge in [0.2, 0.25) is 0 Å². The van der Waals surface area contributed by atoms with E-state index in [1.165, 1.54) is 6.33 Å². The predicted octanol–water partition coefficient (Wildman–Crippen LogP) is 3.91. The monoisotopic (exact) mass is 556 g/mol. The van der Waals surface area contributed by atoms with Crippen molar-refractivity contribution in [3.8, 4) is 17.0 Å². The van der Waals surface area contributed by atoms with Crippen LogP contribution in [0.4, 0.5) is 27.7 Å². The Bertz CT molecular complexity index is 1420. The summed E-state index contributed by atoms with van der Waals surface area (Å²) < 4.78 is 46.0. The molecule has 0 saturated carbocycles. The largest absolute Gasteiger partial charge is 0.496 e. The number of hydrogen-bond donors (Lipinski definition) is 3. The lowest BCUT2D eigenvalue weighted by Gasteiger charge is -2.31. The number of para-hydroxylation sites is 1. The molecule has 13 heteroatoms. The van der Waals surface area contributed by atoms with Crippen LogP contribution in [0, 0.1) is 0 Å². The number of rotatable bonds is 8. The molecule has 4 rings (SSSR count). The van der Waals surface area contributed by atoms with Crippen LogP contribution in [0.2, 0.25) is 0 Å². The fourth-order valence-electron chi connectivity index (χ4n) is 3.93. The second-order valence-electron chi connectivity index (χ2n) is 9.65. The molecule has 1 amide bonds. The average Bonchev–Trinajstić information content (AvgIpc) is 2.87. The van der Waals surface area contributed by atoms with Gasteiger partial charge in [0.1, 0.15) is 23.5 Å². The van der Waals surface area contributed by atoms with Gasteiger partial charge in [-0.2, -0.15) is 8.42 Å². The third-order valence-corrected chi connectivity index (χ3v) is 6.46. The zero-order valence-electron chi connectivity index (χ0n) is 22.2. The van der Waals surface area contributed by atoms with Gasteiger partial charge in [-0.25, -0.2) is 19.5 Å². The molecule has 1 aliphatic heterocycles. The summed E-state index contributed by atoms with van der Waals surface area (Å²) in [6.07, 6.45) is 0.350. The summed E-state index contributed by atoms with van der Waals surface area (Å²) in [6.45, 7) is 7.11. The molecule has 2 heterocycles. The van der Waals surface area contributed by atoms with Gasteiger partial charge in [-0.3, -0.25) is 4.72 Å². The maximum absolute atomic E-state index is 12.8. The zero-order chi connectivity index (χ0) is 28.0. The fourth-order valence-corrected chi connectivity index (χ4v) is 4.70. The lowest BCUT2D eigenvalue weighted by molar-refractivity contribution is 0.0570. The molecule has 12 nitrogen and oxygen atoms in total. The molecule has 1 aliphatic rings. The lowest BCUT2D eigenvalue weighted by atomic mass is 10.1. The number of ether oxygens (including phenoxy) is 3. The van der Waals surface area contributed by atoms with Crippen LogP contribution < -0.4 is 24.4 Å². The van der Waals surface area contributed by atoms with Gasteiger partial charge in [-0.05, 0) is 51.1 Å². The summed E-state index contributed by atoms with van der Waals surface area (Å²) in [5.41, 5.74) is 2.05. The van der Waals surface area contributed by atoms with Crippen LogP contribution in [0.25, 0.3) is 11.3 Å². The Morgan fingerprint density at radius 2 is 1.79 bits per heavy atom. The van der Waals surface area contributed by atoms with Crippen LogP contribution in [-0.4, -0.2) is 63.5 Å². The second-order valence-corrected chi connectivity index (χ2v) is 11.1. The number of anilines is 4. The normalized spacial score (nSPS) is 13.9. The summed E-state index contributed by atoms with van der Waals surface area (Å²) in [7, 11) is -2.71. The molecular formula is C26H32N6O6S. The molecule has 1 fully saturated rings. The predicted molar refractivity (Wildman–Crippen MR) is 149 cm³/mol.